The molecule has 4 nitrogen and oxygen atoms in total. The highest BCUT2D eigenvalue weighted by Crippen LogP contribution is 2.23. The molecule has 1 aromatic carbocycles. The van der Waals surface area contributed by atoms with Crippen LogP contribution < -0.4 is 0 Å². The Morgan fingerprint density at radius 3 is 2.75 bits per heavy atom. The minimum Gasteiger partial charge on any atom is -0.462 e. The van der Waals surface area contributed by atoms with Gasteiger partial charge in [-0.25, -0.2) is 0 Å². The lowest BCUT2D eigenvalue weighted by molar-refractivity contribution is -0.162. The fraction of sp³-hybridized carbons (Fsp3) is 0.500. The van der Waals surface area contributed by atoms with E-state index in [1.54, 1.807) is 0 Å². The van der Waals surface area contributed by atoms with Crippen molar-refractivity contribution < 1.29 is 19.1 Å². The van der Waals surface area contributed by atoms with Gasteiger partial charge in [-0.1, -0.05) is 37.3 Å². The number of carbonyl (C=O) groups is 2. The van der Waals surface area contributed by atoms with Crippen molar-refractivity contribution in [2.75, 3.05) is 0 Å². The fourth-order valence-electron chi connectivity index (χ4n) is 2.26. The summed E-state index contributed by atoms with van der Waals surface area (Å²) in [6.07, 6.45) is 2.11. The average Bonchev–Trinajstić information content (AvgIpc) is 2.48. The number of benzene rings is 1. The van der Waals surface area contributed by atoms with E-state index >= 15 is 0 Å². The Bertz CT molecular complexity index is 443. The van der Waals surface area contributed by atoms with Crippen molar-refractivity contribution in [3.63, 3.8) is 0 Å². The van der Waals surface area contributed by atoms with Gasteiger partial charge in [-0.2, -0.15) is 0 Å². The summed E-state index contributed by atoms with van der Waals surface area (Å²) < 4.78 is 10.9. The van der Waals surface area contributed by atoms with Gasteiger partial charge in [0.2, 0.25) is 0 Å². The Labute approximate surface area is 119 Å². The summed E-state index contributed by atoms with van der Waals surface area (Å²) in [5.74, 6) is -0.208. The summed E-state index contributed by atoms with van der Waals surface area (Å²) in [6.45, 7) is 2.25. The van der Waals surface area contributed by atoms with Gasteiger partial charge in [-0.05, 0) is 18.4 Å². The van der Waals surface area contributed by atoms with E-state index in [0.29, 0.717) is 13.0 Å². The first-order chi connectivity index (χ1) is 9.69. The molecule has 1 heterocycles. The third kappa shape index (κ3) is 4.17. The van der Waals surface area contributed by atoms with Crippen LogP contribution in [0.3, 0.4) is 0 Å². The van der Waals surface area contributed by atoms with Crippen LogP contribution in [-0.2, 0) is 25.7 Å². The lowest BCUT2D eigenvalue weighted by Gasteiger charge is -2.27. The molecule has 3 atom stereocenters. The quantitative estimate of drug-likeness (QED) is 0.591. The molecule has 1 aromatic rings. The first-order valence-electron chi connectivity index (χ1n) is 7.00. The Balaban J connectivity index is 1.80. The SMILES string of the molecule is C[C@@H]1CC[C@H](C[C@@H](C=O)OCc2ccccc2)OC1=O. The standard InChI is InChI=1S/C16H20O4/c1-12-7-8-14(20-16(12)18)9-15(10-17)19-11-13-5-3-2-4-6-13/h2-6,10,12,14-15H,7-9,11H2,1H3/t12-,14-,15+/m1/s1. The molecule has 0 saturated carbocycles. The van der Waals surface area contributed by atoms with Gasteiger partial charge in [0, 0.05) is 6.42 Å². The van der Waals surface area contributed by atoms with Gasteiger partial charge < -0.3 is 14.3 Å². The van der Waals surface area contributed by atoms with Crippen LogP contribution in [0.15, 0.2) is 30.3 Å². The largest absolute Gasteiger partial charge is 0.462 e. The van der Waals surface area contributed by atoms with Gasteiger partial charge in [0.25, 0.3) is 0 Å². The third-order valence-corrected chi connectivity index (χ3v) is 3.56. The molecule has 1 fully saturated rings. The van der Waals surface area contributed by atoms with Crippen LogP contribution in [-0.4, -0.2) is 24.5 Å². The lowest BCUT2D eigenvalue weighted by atomic mass is 9.97. The summed E-state index contributed by atoms with van der Waals surface area (Å²) >= 11 is 0. The van der Waals surface area contributed by atoms with E-state index in [0.717, 1.165) is 24.7 Å². The summed E-state index contributed by atoms with van der Waals surface area (Å²) in [6, 6.07) is 9.69. The minimum absolute atomic E-state index is 0.0360. The molecule has 4 heteroatoms. The van der Waals surface area contributed by atoms with Crippen molar-refractivity contribution in [3.8, 4) is 0 Å². The maximum atomic E-state index is 11.5. The van der Waals surface area contributed by atoms with Crippen LogP contribution in [0.2, 0.25) is 0 Å². The van der Waals surface area contributed by atoms with E-state index < -0.39 is 6.10 Å². The van der Waals surface area contributed by atoms with E-state index in [1.807, 2.05) is 37.3 Å². The molecule has 0 bridgehead atoms. The van der Waals surface area contributed by atoms with Gasteiger partial charge in [0.05, 0.1) is 12.5 Å². The topological polar surface area (TPSA) is 52.6 Å². The molecule has 1 aliphatic rings. The van der Waals surface area contributed by atoms with E-state index in [4.69, 9.17) is 9.47 Å². The Hall–Kier alpha value is -1.68. The highest BCUT2D eigenvalue weighted by Gasteiger charge is 2.28. The first-order valence-corrected chi connectivity index (χ1v) is 7.00. The molecular weight excluding hydrogens is 256 g/mol. The van der Waals surface area contributed by atoms with Gasteiger partial charge in [0.15, 0.2) is 0 Å². The van der Waals surface area contributed by atoms with E-state index in [2.05, 4.69) is 0 Å². The molecule has 0 unspecified atom stereocenters. The van der Waals surface area contributed by atoms with Crippen LogP contribution in [0.5, 0.6) is 0 Å². The molecule has 108 valence electrons. The molecule has 0 N–H and O–H groups in total. The number of ether oxygens (including phenoxy) is 2. The molecule has 2 rings (SSSR count). The monoisotopic (exact) mass is 276 g/mol. The molecule has 0 amide bonds. The molecule has 0 aliphatic carbocycles. The van der Waals surface area contributed by atoms with Crippen molar-refractivity contribution in [3.05, 3.63) is 35.9 Å². The van der Waals surface area contributed by atoms with Crippen molar-refractivity contribution in [1.82, 2.24) is 0 Å². The van der Waals surface area contributed by atoms with Crippen molar-refractivity contribution in [2.45, 2.75) is 45.0 Å². The average molecular weight is 276 g/mol. The summed E-state index contributed by atoms with van der Waals surface area (Å²) in [7, 11) is 0. The zero-order valence-corrected chi connectivity index (χ0v) is 11.7. The molecule has 0 aromatic heterocycles. The second kappa shape index (κ2) is 7.20. The second-order valence-electron chi connectivity index (χ2n) is 5.24. The molecular formula is C16H20O4. The van der Waals surface area contributed by atoms with Crippen molar-refractivity contribution in [1.29, 1.82) is 0 Å². The third-order valence-electron chi connectivity index (χ3n) is 3.56. The number of hydrogen-bond donors (Lipinski definition) is 0. The highest BCUT2D eigenvalue weighted by molar-refractivity contribution is 5.72. The van der Waals surface area contributed by atoms with E-state index in [-0.39, 0.29) is 18.0 Å². The lowest BCUT2D eigenvalue weighted by Crippen LogP contribution is -2.33. The van der Waals surface area contributed by atoms with Crippen molar-refractivity contribution >= 4 is 12.3 Å². The van der Waals surface area contributed by atoms with E-state index in [9.17, 15) is 9.59 Å². The summed E-state index contributed by atoms with van der Waals surface area (Å²) in [4.78, 5) is 22.6. The summed E-state index contributed by atoms with van der Waals surface area (Å²) in [5.41, 5.74) is 1.02. The van der Waals surface area contributed by atoms with E-state index in [1.165, 1.54) is 0 Å². The predicted molar refractivity (Wildman–Crippen MR) is 74.0 cm³/mol. The van der Waals surface area contributed by atoms with Gasteiger partial charge in [-0.15, -0.1) is 0 Å². The highest BCUT2D eigenvalue weighted by atomic mass is 16.5. The Morgan fingerprint density at radius 2 is 2.10 bits per heavy atom. The maximum Gasteiger partial charge on any atom is 0.308 e. The number of rotatable bonds is 6. The maximum absolute atomic E-state index is 11.5. The Kier molecular flexibility index (Phi) is 5.30. The molecule has 1 saturated heterocycles. The van der Waals surface area contributed by atoms with Gasteiger partial charge in [-0.3, -0.25) is 4.79 Å². The second-order valence-corrected chi connectivity index (χ2v) is 5.24. The normalized spacial score (nSPS) is 23.9. The zero-order chi connectivity index (χ0) is 14.4. The van der Waals surface area contributed by atoms with Crippen LogP contribution >= 0.6 is 0 Å². The fourth-order valence-corrected chi connectivity index (χ4v) is 2.26. The number of aldehydes is 1. The van der Waals surface area contributed by atoms with Crippen molar-refractivity contribution in [2.24, 2.45) is 5.92 Å². The molecule has 0 radical (unpaired) electrons. The molecule has 20 heavy (non-hydrogen) atoms. The number of cyclic esters (lactones) is 1. The van der Waals surface area contributed by atoms with Gasteiger partial charge in [0.1, 0.15) is 18.5 Å². The predicted octanol–water partition coefficient (Wildman–Crippen LogP) is 2.50. The van der Waals surface area contributed by atoms with Crippen LogP contribution in [0.1, 0.15) is 31.7 Å². The van der Waals surface area contributed by atoms with Crippen LogP contribution in [0.4, 0.5) is 0 Å². The summed E-state index contributed by atoms with van der Waals surface area (Å²) in [5, 5.41) is 0. The number of carbonyl (C=O) groups excluding carboxylic acids is 2. The number of hydrogen-bond acceptors (Lipinski definition) is 4. The Morgan fingerprint density at radius 1 is 1.35 bits per heavy atom. The zero-order valence-electron chi connectivity index (χ0n) is 11.7. The van der Waals surface area contributed by atoms with Crippen LogP contribution in [0.25, 0.3) is 0 Å². The van der Waals surface area contributed by atoms with Crippen LogP contribution in [0, 0.1) is 5.92 Å². The molecule has 0 spiro atoms. The molecule has 1 aliphatic heterocycles. The number of esters is 1. The van der Waals surface area contributed by atoms with Gasteiger partial charge >= 0.3 is 5.97 Å². The smallest absolute Gasteiger partial charge is 0.308 e. The first kappa shape index (κ1) is 14.7. The minimum atomic E-state index is -0.526.